The Morgan fingerprint density at radius 1 is 1.17 bits per heavy atom. The number of carbonyl (C=O) groups excluding carboxylic acids is 1. The Morgan fingerprint density at radius 2 is 1.75 bits per heavy atom. The molecule has 24 heavy (non-hydrogen) atoms. The zero-order valence-electron chi connectivity index (χ0n) is 14.2. The predicted octanol–water partition coefficient (Wildman–Crippen LogP) is 1.58. The molecule has 0 aliphatic rings. The van der Waals surface area contributed by atoms with Gasteiger partial charge in [0.1, 0.15) is 6.54 Å². The van der Waals surface area contributed by atoms with Crippen LogP contribution < -0.4 is 11.0 Å². The Labute approximate surface area is 139 Å². The topological polar surface area (TPSA) is 93.3 Å². The molecule has 1 heterocycles. The van der Waals surface area contributed by atoms with Crippen molar-refractivity contribution in [3.8, 4) is 0 Å². The Balaban J connectivity index is 2.21. The Kier molecular flexibility index (Phi) is 5.11. The van der Waals surface area contributed by atoms with Crippen molar-refractivity contribution < 1.29 is 14.7 Å². The molecule has 1 aromatic carbocycles. The van der Waals surface area contributed by atoms with Gasteiger partial charge in [-0.3, -0.25) is 18.7 Å². The zero-order valence-corrected chi connectivity index (χ0v) is 14.2. The number of carboxylic acids is 1. The van der Waals surface area contributed by atoms with Gasteiger partial charge in [-0.25, -0.2) is 4.79 Å². The van der Waals surface area contributed by atoms with Crippen LogP contribution in [-0.2, 0) is 22.7 Å². The van der Waals surface area contributed by atoms with Gasteiger partial charge in [0, 0.05) is 18.5 Å². The van der Waals surface area contributed by atoms with Crippen molar-refractivity contribution in [3.05, 3.63) is 34.7 Å². The molecule has 0 bridgehead atoms. The number of hydrogen-bond acceptors (Lipinski definition) is 3. The first kappa shape index (κ1) is 17.8. The molecule has 0 aliphatic carbocycles. The summed E-state index contributed by atoms with van der Waals surface area (Å²) < 4.78 is 3.07. The highest BCUT2D eigenvalue weighted by Crippen LogP contribution is 2.14. The number of nitrogens with zero attached hydrogens (tertiary/aromatic N) is 2. The quantitative estimate of drug-likeness (QED) is 0.804. The van der Waals surface area contributed by atoms with Gasteiger partial charge in [0.15, 0.2) is 0 Å². The first-order valence-corrected chi connectivity index (χ1v) is 7.96. The first-order chi connectivity index (χ1) is 11.2. The van der Waals surface area contributed by atoms with E-state index < -0.39 is 11.5 Å². The summed E-state index contributed by atoms with van der Waals surface area (Å²) in [6.07, 6.45) is 0.294. The lowest BCUT2D eigenvalue weighted by Crippen LogP contribution is -2.46. The number of carbonyl (C=O) groups is 2. The molecule has 0 spiro atoms. The molecular formula is C17H23N3O4. The Morgan fingerprint density at radius 3 is 2.29 bits per heavy atom. The van der Waals surface area contributed by atoms with Gasteiger partial charge in [-0.1, -0.05) is 12.1 Å². The summed E-state index contributed by atoms with van der Waals surface area (Å²) in [5.41, 5.74) is 0.630. The summed E-state index contributed by atoms with van der Waals surface area (Å²) in [5, 5.41) is 11.6. The highest BCUT2D eigenvalue weighted by molar-refractivity contribution is 5.81. The van der Waals surface area contributed by atoms with Gasteiger partial charge in [0.2, 0.25) is 5.91 Å². The summed E-state index contributed by atoms with van der Waals surface area (Å²) in [5.74, 6) is -1.22. The van der Waals surface area contributed by atoms with Gasteiger partial charge in [0.25, 0.3) is 0 Å². The number of benzene rings is 1. The van der Waals surface area contributed by atoms with Crippen LogP contribution in [0.1, 0.15) is 33.6 Å². The van der Waals surface area contributed by atoms with Crippen molar-refractivity contribution in [2.75, 3.05) is 0 Å². The van der Waals surface area contributed by atoms with Gasteiger partial charge in [-0.2, -0.15) is 0 Å². The largest absolute Gasteiger partial charge is 0.481 e. The fourth-order valence-corrected chi connectivity index (χ4v) is 2.77. The number of fused-ring (bicyclic) bond motifs is 1. The van der Waals surface area contributed by atoms with Crippen molar-refractivity contribution >= 4 is 22.9 Å². The lowest BCUT2D eigenvalue weighted by Gasteiger charge is -2.25. The Hall–Kier alpha value is -2.57. The van der Waals surface area contributed by atoms with Crippen LogP contribution in [0.5, 0.6) is 0 Å². The second-order valence-electron chi connectivity index (χ2n) is 6.43. The van der Waals surface area contributed by atoms with Crippen molar-refractivity contribution in [2.24, 2.45) is 0 Å². The average molecular weight is 333 g/mol. The van der Waals surface area contributed by atoms with Crippen molar-refractivity contribution in [1.29, 1.82) is 0 Å². The molecule has 2 N–H and O–H groups in total. The molecule has 2 aromatic rings. The maximum atomic E-state index is 12.5. The normalized spacial score (nSPS) is 11.6. The van der Waals surface area contributed by atoms with E-state index in [1.54, 1.807) is 18.4 Å². The Bertz CT molecular complexity index is 817. The summed E-state index contributed by atoms with van der Waals surface area (Å²) in [7, 11) is 0. The number of amides is 1. The van der Waals surface area contributed by atoms with E-state index in [2.05, 4.69) is 5.32 Å². The number of nitrogens with one attached hydrogen (secondary N) is 1. The van der Waals surface area contributed by atoms with Gasteiger partial charge < -0.3 is 10.4 Å². The van der Waals surface area contributed by atoms with Crippen LogP contribution in [0.2, 0.25) is 0 Å². The highest BCUT2D eigenvalue weighted by Gasteiger charge is 2.23. The molecule has 130 valence electrons. The van der Waals surface area contributed by atoms with Gasteiger partial charge in [0.05, 0.1) is 11.0 Å². The number of carboxylic acid groups (broad SMARTS) is 1. The van der Waals surface area contributed by atoms with E-state index in [-0.39, 0.29) is 24.6 Å². The maximum Gasteiger partial charge on any atom is 0.329 e. The van der Waals surface area contributed by atoms with Gasteiger partial charge in [-0.05, 0) is 39.3 Å². The number of aromatic nitrogens is 2. The standard InChI is InChI=1S/C17H23N3O4/c1-4-19-12-7-5-6-8-13(12)20(16(19)24)11-14(21)18-17(2,3)10-9-15(22)23/h5-8H,4,9-11H2,1-3H3,(H,18,21)(H,22,23). The van der Waals surface area contributed by atoms with E-state index in [9.17, 15) is 14.4 Å². The average Bonchev–Trinajstić information content (AvgIpc) is 2.77. The molecule has 7 heteroatoms. The van der Waals surface area contributed by atoms with Gasteiger partial charge >= 0.3 is 11.7 Å². The van der Waals surface area contributed by atoms with E-state index in [1.165, 1.54) is 4.57 Å². The maximum absolute atomic E-state index is 12.5. The van der Waals surface area contributed by atoms with Crippen LogP contribution in [0.4, 0.5) is 0 Å². The van der Waals surface area contributed by atoms with Gasteiger partial charge in [-0.15, -0.1) is 0 Å². The lowest BCUT2D eigenvalue weighted by atomic mass is 9.98. The minimum atomic E-state index is -0.903. The number of aryl methyl sites for hydroxylation is 1. The molecule has 0 saturated heterocycles. The summed E-state index contributed by atoms with van der Waals surface area (Å²) >= 11 is 0. The summed E-state index contributed by atoms with van der Waals surface area (Å²) in [6, 6.07) is 7.34. The number of rotatable bonds is 7. The molecule has 0 unspecified atom stereocenters. The third-order valence-electron chi connectivity index (χ3n) is 3.98. The molecule has 7 nitrogen and oxygen atoms in total. The van der Waals surface area contributed by atoms with Crippen LogP contribution in [0, 0.1) is 0 Å². The second-order valence-corrected chi connectivity index (χ2v) is 6.43. The van der Waals surface area contributed by atoms with Crippen LogP contribution >= 0.6 is 0 Å². The zero-order chi connectivity index (χ0) is 17.9. The number of para-hydroxylation sites is 2. The lowest BCUT2D eigenvalue weighted by molar-refractivity contribution is -0.137. The van der Waals surface area contributed by atoms with E-state index in [1.807, 2.05) is 31.2 Å². The smallest absolute Gasteiger partial charge is 0.329 e. The highest BCUT2D eigenvalue weighted by atomic mass is 16.4. The minimum Gasteiger partial charge on any atom is -0.481 e. The molecule has 0 atom stereocenters. The molecule has 0 saturated carbocycles. The fraction of sp³-hybridized carbons (Fsp3) is 0.471. The third kappa shape index (κ3) is 3.84. The molecule has 1 amide bonds. The molecule has 0 fully saturated rings. The van der Waals surface area contributed by atoms with Crippen LogP contribution in [0.25, 0.3) is 11.0 Å². The van der Waals surface area contributed by atoms with Crippen molar-refractivity contribution in [2.45, 2.75) is 52.2 Å². The molecular weight excluding hydrogens is 310 g/mol. The SMILES string of the molecule is CCn1c(=O)n(CC(=O)NC(C)(C)CCC(=O)O)c2ccccc21. The van der Waals surface area contributed by atoms with E-state index in [4.69, 9.17) is 5.11 Å². The molecule has 2 rings (SSSR count). The van der Waals surface area contributed by atoms with E-state index in [0.29, 0.717) is 18.5 Å². The monoisotopic (exact) mass is 333 g/mol. The molecule has 1 aromatic heterocycles. The first-order valence-electron chi connectivity index (χ1n) is 7.96. The van der Waals surface area contributed by atoms with E-state index >= 15 is 0 Å². The predicted molar refractivity (Wildman–Crippen MR) is 91.0 cm³/mol. The minimum absolute atomic E-state index is 0.0254. The number of imidazole rings is 1. The summed E-state index contributed by atoms with van der Waals surface area (Å²) in [6.45, 7) is 5.85. The fourth-order valence-electron chi connectivity index (χ4n) is 2.77. The molecule has 0 aliphatic heterocycles. The second kappa shape index (κ2) is 6.90. The van der Waals surface area contributed by atoms with Crippen molar-refractivity contribution in [1.82, 2.24) is 14.5 Å². The van der Waals surface area contributed by atoms with Crippen LogP contribution in [0.15, 0.2) is 29.1 Å². The van der Waals surface area contributed by atoms with Crippen LogP contribution in [0.3, 0.4) is 0 Å². The van der Waals surface area contributed by atoms with Crippen LogP contribution in [-0.4, -0.2) is 31.7 Å². The van der Waals surface area contributed by atoms with Crippen molar-refractivity contribution in [3.63, 3.8) is 0 Å². The molecule has 0 radical (unpaired) electrons. The number of aliphatic carboxylic acids is 1. The summed E-state index contributed by atoms with van der Waals surface area (Å²) in [4.78, 5) is 35.5. The third-order valence-corrected chi connectivity index (χ3v) is 3.98. The van der Waals surface area contributed by atoms with E-state index in [0.717, 1.165) is 5.52 Å². The number of hydrogen-bond donors (Lipinski definition) is 2.